The summed E-state index contributed by atoms with van der Waals surface area (Å²) < 4.78 is 7.60. The van der Waals surface area contributed by atoms with Crippen LogP contribution in [0.15, 0.2) is 30.5 Å². The predicted octanol–water partition coefficient (Wildman–Crippen LogP) is 3.77. The van der Waals surface area contributed by atoms with Crippen LogP contribution in [0.3, 0.4) is 0 Å². The number of nitrogens with two attached hydrogens (primary N) is 1. The summed E-state index contributed by atoms with van der Waals surface area (Å²) in [7, 11) is 1.70. The number of benzene rings is 1. The summed E-state index contributed by atoms with van der Waals surface area (Å²) in [6.45, 7) is 6.72. The largest absolute Gasteiger partial charge is 0.497 e. The van der Waals surface area contributed by atoms with E-state index in [1.807, 2.05) is 6.07 Å². The summed E-state index contributed by atoms with van der Waals surface area (Å²) in [6, 6.07) is 8.54. The molecule has 1 aliphatic rings. The van der Waals surface area contributed by atoms with Gasteiger partial charge in [-0.25, -0.2) is 0 Å². The lowest BCUT2D eigenvalue weighted by Gasteiger charge is -2.34. The van der Waals surface area contributed by atoms with E-state index in [0.717, 1.165) is 18.6 Å². The van der Waals surface area contributed by atoms with Crippen molar-refractivity contribution >= 4 is 0 Å². The van der Waals surface area contributed by atoms with E-state index in [2.05, 4.69) is 49.7 Å². The number of hydrogen-bond acceptors (Lipinski definition) is 2. The Morgan fingerprint density at radius 2 is 2.05 bits per heavy atom. The predicted molar refractivity (Wildman–Crippen MR) is 86.1 cm³/mol. The molecule has 0 aliphatic heterocycles. The molecule has 0 amide bonds. The number of ether oxygens (including phenoxy) is 1. The van der Waals surface area contributed by atoms with Gasteiger partial charge in [-0.3, -0.25) is 0 Å². The van der Waals surface area contributed by atoms with Gasteiger partial charge in [0.15, 0.2) is 0 Å². The second kappa shape index (κ2) is 4.92. The lowest BCUT2D eigenvalue weighted by molar-refractivity contribution is 0.278. The molecule has 1 aromatic heterocycles. The van der Waals surface area contributed by atoms with Crippen LogP contribution in [-0.4, -0.2) is 11.7 Å². The van der Waals surface area contributed by atoms with Gasteiger partial charge in [-0.05, 0) is 60.6 Å². The first-order valence-corrected chi connectivity index (χ1v) is 7.52. The maximum atomic E-state index is 6.36. The number of nitrogens with zero attached hydrogens (tertiary/aromatic N) is 1. The topological polar surface area (TPSA) is 40.2 Å². The van der Waals surface area contributed by atoms with Gasteiger partial charge < -0.3 is 15.0 Å². The number of methoxy groups -OCH3 is 1. The molecule has 21 heavy (non-hydrogen) atoms. The van der Waals surface area contributed by atoms with Gasteiger partial charge in [-0.15, -0.1) is 0 Å². The third kappa shape index (κ3) is 2.46. The highest BCUT2D eigenvalue weighted by atomic mass is 16.5. The van der Waals surface area contributed by atoms with E-state index in [1.165, 1.54) is 22.5 Å². The van der Waals surface area contributed by atoms with E-state index < -0.39 is 0 Å². The zero-order chi connectivity index (χ0) is 15.2. The molecule has 1 atom stereocenters. The Hall–Kier alpha value is -1.74. The molecule has 0 radical (unpaired) electrons. The highest BCUT2D eigenvalue weighted by Gasteiger charge is 2.32. The van der Waals surface area contributed by atoms with Crippen molar-refractivity contribution in [3.8, 4) is 11.4 Å². The maximum absolute atomic E-state index is 6.36. The monoisotopic (exact) mass is 284 g/mol. The van der Waals surface area contributed by atoms with Crippen LogP contribution in [0.2, 0.25) is 0 Å². The highest BCUT2D eigenvalue weighted by Crippen LogP contribution is 2.41. The van der Waals surface area contributed by atoms with Gasteiger partial charge in [0.05, 0.1) is 7.11 Å². The van der Waals surface area contributed by atoms with Crippen LogP contribution in [0.1, 0.15) is 43.1 Å². The average Bonchev–Trinajstić information content (AvgIpc) is 2.81. The normalized spacial score (nSPS) is 20.1. The molecule has 0 bridgehead atoms. The minimum Gasteiger partial charge on any atom is -0.497 e. The first-order chi connectivity index (χ1) is 9.91. The molecule has 0 fully saturated rings. The zero-order valence-electron chi connectivity index (χ0n) is 13.3. The standard InChI is InChI=1S/C18H24N2O/c1-12-9-13(21-4)5-6-16(12)20-8-7-14-15(19)10-18(2,3)11-17(14)20/h5-9,15H,10-11,19H2,1-4H3. The molecule has 1 unspecified atom stereocenters. The van der Waals surface area contributed by atoms with Crippen LogP contribution in [0, 0.1) is 12.3 Å². The molecular formula is C18H24N2O. The minimum atomic E-state index is 0.142. The van der Waals surface area contributed by atoms with Gasteiger partial charge in [0.25, 0.3) is 0 Å². The summed E-state index contributed by atoms with van der Waals surface area (Å²) in [5, 5.41) is 0. The van der Waals surface area contributed by atoms with Crippen molar-refractivity contribution in [2.24, 2.45) is 11.1 Å². The fourth-order valence-corrected chi connectivity index (χ4v) is 3.49. The second-order valence-corrected chi connectivity index (χ2v) is 6.89. The Labute approximate surface area is 126 Å². The fourth-order valence-electron chi connectivity index (χ4n) is 3.49. The lowest BCUT2D eigenvalue weighted by Crippen LogP contribution is -2.30. The van der Waals surface area contributed by atoms with Crippen molar-refractivity contribution in [3.63, 3.8) is 0 Å². The summed E-state index contributed by atoms with van der Waals surface area (Å²) >= 11 is 0. The summed E-state index contributed by atoms with van der Waals surface area (Å²) in [6.07, 6.45) is 4.26. The van der Waals surface area contributed by atoms with Crippen LogP contribution in [0.5, 0.6) is 5.75 Å². The third-order valence-electron chi connectivity index (χ3n) is 4.51. The molecule has 3 rings (SSSR count). The molecule has 2 aromatic rings. The number of fused-ring (bicyclic) bond motifs is 1. The molecule has 0 saturated heterocycles. The summed E-state index contributed by atoms with van der Waals surface area (Å²) in [5.41, 5.74) is 11.7. The van der Waals surface area contributed by atoms with Gasteiger partial charge in [0, 0.05) is 23.6 Å². The van der Waals surface area contributed by atoms with Gasteiger partial charge in [-0.1, -0.05) is 13.8 Å². The van der Waals surface area contributed by atoms with Gasteiger partial charge in [-0.2, -0.15) is 0 Å². The molecule has 1 aromatic carbocycles. The first kappa shape index (κ1) is 14.2. The van der Waals surface area contributed by atoms with E-state index in [4.69, 9.17) is 10.5 Å². The SMILES string of the molecule is COc1ccc(-n2ccc3c2CC(C)(C)CC3N)c(C)c1. The number of hydrogen-bond donors (Lipinski definition) is 1. The summed E-state index contributed by atoms with van der Waals surface area (Å²) in [5.74, 6) is 0.898. The Balaban J connectivity index is 2.09. The minimum absolute atomic E-state index is 0.142. The maximum Gasteiger partial charge on any atom is 0.119 e. The van der Waals surface area contributed by atoms with Gasteiger partial charge in [0.2, 0.25) is 0 Å². The summed E-state index contributed by atoms with van der Waals surface area (Å²) in [4.78, 5) is 0. The van der Waals surface area contributed by atoms with Crippen LogP contribution < -0.4 is 10.5 Å². The molecule has 1 heterocycles. The van der Waals surface area contributed by atoms with E-state index in [0.29, 0.717) is 0 Å². The van der Waals surface area contributed by atoms with E-state index >= 15 is 0 Å². The van der Waals surface area contributed by atoms with E-state index in [9.17, 15) is 0 Å². The van der Waals surface area contributed by atoms with Crippen LogP contribution >= 0.6 is 0 Å². The second-order valence-electron chi connectivity index (χ2n) is 6.89. The molecule has 0 saturated carbocycles. The quantitative estimate of drug-likeness (QED) is 0.912. The molecule has 1 aliphatic carbocycles. The van der Waals surface area contributed by atoms with Crippen molar-refractivity contribution in [2.75, 3.05) is 7.11 Å². The number of aromatic nitrogens is 1. The van der Waals surface area contributed by atoms with Crippen molar-refractivity contribution < 1.29 is 4.74 Å². The first-order valence-electron chi connectivity index (χ1n) is 7.52. The average molecular weight is 284 g/mol. The smallest absolute Gasteiger partial charge is 0.119 e. The highest BCUT2D eigenvalue weighted by molar-refractivity contribution is 5.48. The number of rotatable bonds is 2. The Morgan fingerprint density at radius 1 is 1.29 bits per heavy atom. The van der Waals surface area contributed by atoms with Crippen molar-refractivity contribution in [2.45, 2.75) is 39.7 Å². The molecule has 2 N–H and O–H groups in total. The number of aryl methyl sites for hydroxylation is 1. The molecule has 0 spiro atoms. The Morgan fingerprint density at radius 3 is 2.71 bits per heavy atom. The zero-order valence-corrected chi connectivity index (χ0v) is 13.3. The fraction of sp³-hybridized carbons (Fsp3) is 0.444. The lowest BCUT2D eigenvalue weighted by atomic mass is 9.74. The Kier molecular flexibility index (Phi) is 3.33. The van der Waals surface area contributed by atoms with E-state index in [1.54, 1.807) is 7.11 Å². The van der Waals surface area contributed by atoms with E-state index in [-0.39, 0.29) is 11.5 Å². The van der Waals surface area contributed by atoms with Crippen molar-refractivity contribution in [1.29, 1.82) is 0 Å². The third-order valence-corrected chi connectivity index (χ3v) is 4.51. The van der Waals surface area contributed by atoms with Crippen LogP contribution in [0.4, 0.5) is 0 Å². The van der Waals surface area contributed by atoms with Crippen LogP contribution in [-0.2, 0) is 6.42 Å². The molecule has 112 valence electrons. The molecule has 3 nitrogen and oxygen atoms in total. The molecule has 3 heteroatoms. The van der Waals surface area contributed by atoms with Gasteiger partial charge >= 0.3 is 0 Å². The van der Waals surface area contributed by atoms with Crippen molar-refractivity contribution in [1.82, 2.24) is 4.57 Å². The van der Waals surface area contributed by atoms with Gasteiger partial charge in [0.1, 0.15) is 5.75 Å². The van der Waals surface area contributed by atoms with Crippen molar-refractivity contribution in [3.05, 3.63) is 47.3 Å². The Bertz CT molecular complexity index is 670. The molecular weight excluding hydrogens is 260 g/mol. The van der Waals surface area contributed by atoms with Crippen LogP contribution in [0.25, 0.3) is 5.69 Å².